The van der Waals surface area contributed by atoms with Crippen molar-refractivity contribution in [3.8, 4) is 0 Å². The summed E-state index contributed by atoms with van der Waals surface area (Å²) >= 11 is 0. The molecule has 2 N–H and O–H groups in total. The molecule has 2 unspecified atom stereocenters. The first-order valence-electron chi connectivity index (χ1n) is 13.3. The third-order valence-electron chi connectivity index (χ3n) is 11.2. The fourth-order valence-electron chi connectivity index (χ4n) is 9.46. The maximum Gasteiger partial charge on any atom is 0.0622 e. The number of aliphatic hydroxyl groups is 2. The fraction of sp³-hybridized carbons (Fsp3) is 1.00. The third-order valence-corrected chi connectivity index (χ3v) is 11.2. The van der Waals surface area contributed by atoms with Crippen molar-refractivity contribution in [2.75, 3.05) is 0 Å². The summed E-state index contributed by atoms with van der Waals surface area (Å²) < 4.78 is 0. The minimum absolute atomic E-state index is 0.419. The van der Waals surface area contributed by atoms with Gasteiger partial charge in [-0.25, -0.2) is 0 Å². The van der Waals surface area contributed by atoms with Gasteiger partial charge in [0.25, 0.3) is 0 Å². The van der Waals surface area contributed by atoms with Crippen molar-refractivity contribution in [2.24, 2.45) is 46.3 Å². The largest absolute Gasteiger partial charge is 0.390 e. The van der Waals surface area contributed by atoms with Crippen molar-refractivity contribution in [1.29, 1.82) is 0 Å². The highest BCUT2D eigenvalue weighted by Crippen LogP contribution is 2.68. The second kappa shape index (κ2) is 7.75. The van der Waals surface area contributed by atoms with E-state index in [9.17, 15) is 10.2 Å². The summed E-state index contributed by atoms with van der Waals surface area (Å²) in [6, 6.07) is 0. The van der Waals surface area contributed by atoms with E-state index in [0.717, 1.165) is 61.2 Å². The molecule has 30 heavy (non-hydrogen) atoms. The first-order chi connectivity index (χ1) is 13.9. The molecular formula is C28H50O2. The number of hydrogen-bond acceptors (Lipinski definition) is 2. The van der Waals surface area contributed by atoms with E-state index in [0.29, 0.717) is 10.8 Å². The highest BCUT2D eigenvalue weighted by atomic mass is 16.3. The van der Waals surface area contributed by atoms with E-state index >= 15 is 0 Å². The Morgan fingerprint density at radius 2 is 1.60 bits per heavy atom. The van der Waals surface area contributed by atoms with Crippen LogP contribution in [0.3, 0.4) is 0 Å². The van der Waals surface area contributed by atoms with E-state index in [-0.39, 0.29) is 0 Å². The summed E-state index contributed by atoms with van der Waals surface area (Å²) in [7, 11) is 0. The van der Waals surface area contributed by atoms with Crippen molar-refractivity contribution in [3.05, 3.63) is 0 Å². The van der Waals surface area contributed by atoms with E-state index in [1.807, 2.05) is 13.8 Å². The Balaban J connectivity index is 1.45. The predicted molar refractivity (Wildman–Crippen MR) is 125 cm³/mol. The van der Waals surface area contributed by atoms with Gasteiger partial charge in [0.15, 0.2) is 0 Å². The van der Waals surface area contributed by atoms with E-state index in [2.05, 4.69) is 27.7 Å². The van der Waals surface area contributed by atoms with Gasteiger partial charge in [0.2, 0.25) is 0 Å². The van der Waals surface area contributed by atoms with Crippen LogP contribution in [0.15, 0.2) is 0 Å². The van der Waals surface area contributed by atoms with Crippen molar-refractivity contribution < 1.29 is 10.2 Å². The molecule has 4 fully saturated rings. The summed E-state index contributed by atoms with van der Waals surface area (Å²) in [4.78, 5) is 0. The Hall–Kier alpha value is -0.0800. The number of fused-ring (bicyclic) bond motifs is 5. The van der Waals surface area contributed by atoms with Crippen molar-refractivity contribution in [3.63, 3.8) is 0 Å². The average Bonchev–Trinajstić information content (AvgIpc) is 2.98. The Kier molecular flexibility index (Phi) is 5.97. The zero-order valence-electron chi connectivity index (χ0n) is 20.8. The van der Waals surface area contributed by atoms with Crippen LogP contribution in [-0.2, 0) is 0 Å². The van der Waals surface area contributed by atoms with Crippen molar-refractivity contribution in [1.82, 2.24) is 0 Å². The molecule has 0 aromatic carbocycles. The Bertz CT molecular complexity index is 619. The standard InChI is InChI=1S/C28H50O2/c1-19(8-7-14-25(2,3)29)22-11-12-23-21-10-9-20-18-26(4,30)16-17-27(20,5)24(21)13-15-28(22,23)6/h19-24,29-30H,7-18H2,1-6H3/t19-,20?,21+,22-,23+,24+,26?,27+,28-/m1/s1. The van der Waals surface area contributed by atoms with Crippen LogP contribution in [0.2, 0.25) is 0 Å². The van der Waals surface area contributed by atoms with Crippen LogP contribution < -0.4 is 0 Å². The van der Waals surface area contributed by atoms with Gasteiger partial charge in [-0.3, -0.25) is 0 Å². The zero-order chi connectivity index (χ0) is 21.9. The highest BCUT2D eigenvalue weighted by Gasteiger charge is 2.61. The molecule has 4 saturated carbocycles. The second-order valence-electron chi connectivity index (χ2n) is 13.8. The molecule has 0 spiro atoms. The molecule has 0 aromatic heterocycles. The Morgan fingerprint density at radius 3 is 2.30 bits per heavy atom. The summed E-state index contributed by atoms with van der Waals surface area (Å²) in [6.07, 6.45) is 15.2. The molecular weight excluding hydrogens is 368 g/mol. The topological polar surface area (TPSA) is 40.5 Å². The third kappa shape index (κ3) is 4.02. The van der Waals surface area contributed by atoms with Crippen LogP contribution in [0.4, 0.5) is 0 Å². The van der Waals surface area contributed by atoms with Crippen LogP contribution in [0.1, 0.15) is 119 Å². The summed E-state index contributed by atoms with van der Waals surface area (Å²) in [5, 5.41) is 20.8. The first kappa shape index (κ1) is 23.1. The molecule has 4 aliphatic rings. The minimum Gasteiger partial charge on any atom is -0.390 e. The van der Waals surface area contributed by atoms with Gasteiger partial charge in [-0.05, 0) is 131 Å². The lowest BCUT2D eigenvalue weighted by molar-refractivity contribution is -0.148. The summed E-state index contributed by atoms with van der Waals surface area (Å²) in [5.41, 5.74) is 0.0808. The molecule has 0 saturated heterocycles. The van der Waals surface area contributed by atoms with Crippen LogP contribution in [0.5, 0.6) is 0 Å². The molecule has 4 aliphatic carbocycles. The van der Waals surface area contributed by atoms with Crippen molar-refractivity contribution in [2.45, 2.75) is 130 Å². The van der Waals surface area contributed by atoms with Gasteiger partial charge in [0.05, 0.1) is 11.2 Å². The molecule has 0 radical (unpaired) electrons. The van der Waals surface area contributed by atoms with Crippen LogP contribution in [0, 0.1) is 46.3 Å². The van der Waals surface area contributed by atoms with E-state index in [1.165, 1.54) is 51.4 Å². The van der Waals surface area contributed by atoms with Gasteiger partial charge in [0, 0.05) is 0 Å². The normalized spacial score (nSPS) is 49.8. The predicted octanol–water partition coefficient (Wildman–Crippen LogP) is 6.97. The minimum atomic E-state index is -0.515. The van der Waals surface area contributed by atoms with Gasteiger partial charge in [-0.15, -0.1) is 0 Å². The molecule has 174 valence electrons. The highest BCUT2D eigenvalue weighted by molar-refractivity contribution is 5.10. The van der Waals surface area contributed by atoms with Crippen LogP contribution >= 0.6 is 0 Å². The van der Waals surface area contributed by atoms with E-state index in [4.69, 9.17) is 0 Å². The van der Waals surface area contributed by atoms with E-state index < -0.39 is 11.2 Å². The van der Waals surface area contributed by atoms with Gasteiger partial charge >= 0.3 is 0 Å². The Labute approximate surface area is 186 Å². The molecule has 0 aromatic rings. The van der Waals surface area contributed by atoms with Gasteiger partial charge in [-0.1, -0.05) is 33.6 Å². The molecule has 0 amide bonds. The zero-order valence-corrected chi connectivity index (χ0v) is 20.8. The van der Waals surface area contributed by atoms with Crippen LogP contribution in [0.25, 0.3) is 0 Å². The van der Waals surface area contributed by atoms with E-state index in [1.54, 1.807) is 0 Å². The first-order valence-corrected chi connectivity index (χ1v) is 13.3. The smallest absolute Gasteiger partial charge is 0.0622 e. The second-order valence-corrected chi connectivity index (χ2v) is 13.8. The quantitative estimate of drug-likeness (QED) is 0.506. The molecule has 0 heterocycles. The molecule has 0 aliphatic heterocycles. The fourth-order valence-corrected chi connectivity index (χ4v) is 9.46. The lowest BCUT2D eigenvalue weighted by atomic mass is 9.43. The van der Waals surface area contributed by atoms with Gasteiger partial charge in [0.1, 0.15) is 0 Å². The molecule has 9 atom stereocenters. The summed E-state index contributed by atoms with van der Waals surface area (Å²) in [6.45, 7) is 13.8. The maximum absolute atomic E-state index is 10.7. The van der Waals surface area contributed by atoms with Gasteiger partial charge in [-0.2, -0.15) is 0 Å². The molecule has 2 heteroatoms. The number of rotatable bonds is 5. The van der Waals surface area contributed by atoms with Crippen molar-refractivity contribution >= 4 is 0 Å². The molecule has 4 rings (SSSR count). The lowest BCUT2D eigenvalue weighted by Gasteiger charge is -2.62. The monoisotopic (exact) mass is 418 g/mol. The van der Waals surface area contributed by atoms with Crippen LogP contribution in [-0.4, -0.2) is 21.4 Å². The maximum atomic E-state index is 10.7. The van der Waals surface area contributed by atoms with Gasteiger partial charge < -0.3 is 10.2 Å². The Morgan fingerprint density at radius 1 is 0.900 bits per heavy atom. The lowest BCUT2D eigenvalue weighted by Crippen LogP contribution is -2.55. The SMILES string of the molecule is C[C@H](CCCC(C)(C)O)[C@H]1CC[C@H]2[C@@H]3CCC4CC(C)(O)CC[C@]4(C)[C@H]3CC[C@]12C. The summed E-state index contributed by atoms with van der Waals surface area (Å²) in [5.74, 6) is 5.16. The number of hydrogen-bond donors (Lipinski definition) is 2. The molecule has 0 bridgehead atoms. The molecule has 2 nitrogen and oxygen atoms in total. The average molecular weight is 419 g/mol.